The molecular formula is C24H26N2O3. The van der Waals surface area contributed by atoms with Crippen molar-refractivity contribution in [2.75, 3.05) is 31.2 Å². The molecule has 0 spiro atoms. The van der Waals surface area contributed by atoms with Crippen molar-refractivity contribution in [2.45, 2.75) is 19.0 Å². The normalized spacial score (nSPS) is 18.0. The van der Waals surface area contributed by atoms with Gasteiger partial charge in [-0.1, -0.05) is 48.5 Å². The van der Waals surface area contributed by atoms with Gasteiger partial charge >= 0.3 is 5.97 Å². The molecule has 4 rings (SSSR count). The molecule has 3 aromatic rings. The number of aromatic carboxylic acids is 1. The Morgan fingerprint density at radius 2 is 1.97 bits per heavy atom. The fourth-order valence-corrected chi connectivity index (χ4v) is 4.03. The van der Waals surface area contributed by atoms with Crippen LogP contribution in [0.15, 0.2) is 66.7 Å². The van der Waals surface area contributed by atoms with E-state index in [-0.39, 0.29) is 12.1 Å². The van der Waals surface area contributed by atoms with E-state index in [4.69, 9.17) is 4.74 Å². The number of carboxylic acids is 1. The minimum Gasteiger partial charge on any atom is -0.478 e. The van der Waals surface area contributed by atoms with Crippen LogP contribution >= 0.6 is 0 Å². The monoisotopic (exact) mass is 390 g/mol. The highest BCUT2D eigenvalue weighted by atomic mass is 16.5. The average molecular weight is 390 g/mol. The molecule has 0 saturated carbocycles. The highest BCUT2D eigenvalue weighted by Crippen LogP contribution is 2.25. The summed E-state index contributed by atoms with van der Waals surface area (Å²) in [6.45, 7) is 4.94. The van der Waals surface area contributed by atoms with Crippen LogP contribution in [0.1, 0.15) is 28.9 Å². The number of carbonyl (C=O) groups is 1. The summed E-state index contributed by atoms with van der Waals surface area (Å²) in [6, 6.07) is 22.3. The van der Waals surface area contributed by atoms with Gasteiger partial charge in [0, 0.05) is 24.8 Å². The number of nitrogens with one attached hydrogen (secondary N) is 1. The van der Waals surface area contributed by atoms with Gasteiger partial charge in [0.15, 0.2) is 0 Å². The van der Waals surface area contributed by atoms with Crippen LogP contribution in [-0.2, 0) is 4.74 Å². The molecule has 0 amide bonds. The van der Waals surface area contributed by atoms with Gasteiger partial charge in [-0.05, 0) is 41.5 Å². The first kappa shape index (κ1) is 19.4. The molecule has 0 aromatic heterocycles. The molecule has 1 aliphatic heterocycles. The Morgan fingerprint density at radius 1 is 1.17 bits per heavy atom. The molecule has 0 radical (unpaired) electrons. The highest BCUT2D eigenvalue weighted by molar-refractivity contribution is 5.89. The quantitative estimate of drug-likeness (QED) is 0.664. The summed E-state index contributed by atoms with van der Waals surface area (Å²) in [5.74, 6) is -0.903. The van der Waals surface area contributed by atoms with Crippen LogP contribution in [0.4, 0.5) is 5.69 Å². The van der Waals surface area contributed by atoms with E-state index in [1.165, 1.54) is 16.3 Å². The molecule has 3 aromatic carbocycles. The molecule has 0 aliphatic carbocycles. The molecule has 2 N–H and O–H groups in total. The summed E-state index contributed by atoms with van der Waals surface area (Å²) in [4.78, 5) is 13.6. The predicted octanol–water partition coefficient (Wildman–Crippen LogP) is 4.09. The van der Waals surface area contributed by atoms with Crippen LogP contribution in [0.5, 0.6) is 0 Å². The molecule has 5 heteroatoms. The summed E-state index contributed by atoms with van der Waals surface area (Å²) in [7, 11) is 0. The van der Waals surface area contributed by atoms with Crippen molar-refractivity contribution in [2.24, 2.45) is 0 Å². The van der Waals surface area contributed by atoms with Gasteiger partial charge in [0.2, 0.25) is 0 Å². The number of hydrogen-bond donors (Lipinski definition) is 2. The van der Waals surface area contributed by atoms with Crippen molar-refractivity contribution in [1.82, 2.24) is 5.32 Å². The second kappa shape index (κ2) is 8.64. The number of ether oxygens (including phenoxy) is 1. The minimum atomic E-state index is -0.903. The summed E-state index contributed by atoms with van der Waals surface area (Å²) in [5.41, 5.74) is 2.52. The third-order valence-corrected chi connectivity index (χ3v) is 5.60. The number of carboxylic acid groups (broad SMARTS) is 1. The van der Waals surface area contributed by atoms with E-state index in [2.05, 4.69) is 59.6 Å². The average Bonchev–Trinajstić information content (AvgIpc) is 2.77. The molecular weight excluding hydrogens is 364 g/mol. The third-order valence-electron chi connectivity index (χ3n) is 5.60. The van der Waals surface area contributed by atoms with Crippen LogP contribution < -0.4 is 10.2 Å². The lowest BCUT2D eigenvalue weighted by molar-refractivity contribution is 0.0697. The Bertz CT molecular complexity index is 999. The first-order chi connectivity index (χ1) is 14.1. The summed E-state index contributed by atoms with van der Waals surface area (Å²) in [6.07, 6.45) is 0. The Hall–Kier alpha value is -2.89. The molecule has 150 valence electrons. The fraction of sp³-hybridized carbons (Fsp3) is 0.292. The third kappa shape index (κ3) is 4.26. The number of morpholine rings is 1. The first-order valence-corrected chi connectivity index (χ1v) is 10.0. The molecule has 0 bridgehead atoms. The van der Waals surface area contributed by atoms with Crippen molar-refractivity contribution in [3.05, 3.63) is 77.9 Å². The number of anilines is 1. The second-order valence-corrected chi connectivity index (χ2v) is 7.48. The number of fused-ring (bicyclic) bond motifs is 1. The zero-order chi connectivity index (χ0) is 20.2. The minimum absolute atomic E-state index is 0.144. The van der Waals surface area contributed by atoms with E-state index >= 15 is 0 Å². The Labute approximate surface area is 170 Å². The molecule has 29 heavy (non-hydrogen) atoms. The lowest BCUT2D eigenvalue weighted by atomic mass is 9.99. The van der Waals surface area contributed by atoms with Crippen molar-refractivity contribution in [3.8, 4) is 0 Å². The highest BCUT2D eigenvalue weighted by Gasteiger charge is 2.24. The zero-order valence-corrected chi connectivity index (χ0v) is 16.5. The first-order valence-electron chi connectivity index (χ1n) is 10.0. The molecule has 1 aliphatic rings. The number of benzene rings is 3. The number of nitrogens with zero attached hydrogens (tertiary/aromatic N) is 1. The molecule has 1 saturated heterocycles. The molecule has 1 heterocycles. The van der Waals surface area contributed by atoms with E-state index in [0.29, 0.717) is 18.8 Å². The maximum atomic E-state index is 11.3. The molecule has 1 unspecified atom stereocenters. The van der Waals surface area contributed by atoms with Crippen LogP contribution in [0.25, 0.3) is 10.8 Å². The Balaban J connectivity index is 1.50. The van der Waals surface area contributed by atoms with Crippen molar-refractivity contribution < 1.29 is 14.6 Å². The van der Waals surface area contributed by atoms with Gasteiger partial charge < -0.3 is 20.1 Å². The SMILES string of the molecule is C[C@@H](NCC1COCCN1c1cccc(C(=O)O)c1)c1cccc2ccccc12. The predicted molar refractivity (Wildman–Crippen MR) is 116 cm³/mol. The zero-order valence-electron chi connectivity index (χ0n) is 16.5. The Kier molecular flexibility index (Phi) is 5.79. The second-order valence-electron chi connectivity index (χ2n) is 7.48. The smallest absolute Gasteiger partial charge is 0.335 e. The van der Waals surface area contributed by atoms with Gasteiger partial charge in [-0.2, -0.15) is 0 Å². The summed E-state index contributed by atoms with van der Waals surface area (Å²) >= 11 is 0. The number of rotatable bonds is 6. The van der Waals surface area contributed by atoms with Crippen molar-refractivity contribution >= 4 is 22.4 Å². The van der Waals surface area contributed by atoms with Gasteiger partial charge in [-0.15, -0.1) is 0 Å². The standard InChI is InChI=1S/C24H26N2O3/c1-17(22-11-5-7-18-6-2-3-10-23(18)22)25-15-21-16-29-13-12-26(21)20-9-4-8-19(14-20)24(27)28/h2-11,14,17,21,25H,12-13,15-16H2,1H3,(H,27,28)/t17-,21?/m1/s1. The number of hydrogen-bond acceptors (Lipinski definition) is 4. The largest absolute Gasteiger partial charge is 0.478 e. The van der Waals surface area contributed by atoms with Crippen LogP contribution in [0.3, 0.4) is 0 Å². The van der Waals surface area contributed by atoms with Gasteiger partial charge in [0.05, 0.1) is 24.8 Å². The molecule has 2 atom stereocenters. The van der Waals surface area contributed by atoms with Crippen LogP contribution in [0.2, 0.25) is 0 Å². The maximum Gasteiger partial charge on any atom is 0.335 e. The van der Waals surface area contributed by atoms with Crippen molar-refractivity contribution in [1.29, 1.82) is 0 Å². The van der Waals surface area contributed by atoms with Crippen LogP contribution in [0, 0.1) is 0 Å². The Morgan fingerprint density at radius 3 is 2.83 bits per heavy atom. The molecule has 1 fully saturated rings. The lowest BCUT2D eigenvalue weighted by Crippen LogP contribution is -2.51. The maximum absolute atomic E-state index is 11.3. The summed E-state index contributed by atoms with van der Waals surface area (Å²) < 4.78 is 5.72. The van der Waals surface area contributed by atoms with Crippen molar-refractivity contribution in [3.63, 3.8) is 0 Å². The van der Waals surface area contributed by atoms with E-state index in [9.17, 15) is 9.90 Å². The van der Waals surface area contributed by atoms with Gasteiger partial charge in [-0.25, -0.2) is 4.79 Å². The van der Waals surface area contributed by atoms with Gasteiger partial charge in [0.25, 0.3) is 0 Å². The van der Waals surface area contributed by atoms with Gasteiger partial charge in [-0.3, -0.25) is 0 Å². The van der Waals surface area contributed by atoms with E-state index in [0.717, 1.165) is 18.8 Å². The lowest BCUT2D eigenvalue weighted by Gasteiger charge is -2.38. The van der Waals surface area contributed by atoms with E-state index < -0.39 is 5.97 Å². The van der Waals surface area contributed by atoms with E-state index in [1.807, 2.05) is 6.07 Å². The molecule has 5 nitrogen and oxygen atoms in total. The summed E-state index contributed by atoms with van der Waals surface area (Å²) in [5, 5.41) is 15.5. The topological polar surface area (TPSA) is 61.8 Å². The fourth-order valence-electron chi connectivity index (χ4n) is 4.03. The van der Waals surface area contributed by atoms with Gasteiger partial charge in [0.1, 0.15) is 0 Å². The van der Waals surface area contributed by atoms with E-state index in [1.54, 1.807) is 18.2 Å². The van der Waals surface area contributed by atoms with Crippen LogP contribution in [-0.4, -0.2) is 43.4 Å².